The summed E-state index contributed by atoms with van der Waals surface area (Å²) in [5, 5.41) is 2.86. The summed E-state index contributed by atoms with van der Waals surface area (Å²) in [5.74, 6) is 1.31. The van der Waals surface area contributed by atoms with Gasteiger partial charge in [0.05, 0.1) is 18.4 Å². The Bertz CT molecular complexity index is 683. The number of hydrogen-bond donors (Lipinski definition) is 1. The van der Waals surface area contributed by atoms with E-state index in [4.69, 9.17) is 14.2 Å². The molecule has 5 nitrogen and oxygen atoms in total. The van der Waals surface area contributed by atoms with E-state index in [9.17, 15) is 4.79 Å². The number of benzene rings is 2. The number of carbonyl (C=O) groups is 1. The SMILES string of the molecule is O=C(COCCOc1ccccc1)Nc1ccccc1OC1CCCC1. The first-order valence-electron chi connectivity index (χ1n) is 9.12. The molecule has 0 spiro atoms. The van der Waals surface area contributed by atoms with Crippen LogP contribution in [0.25, 0.3) is 0 Å². The molecular weight excluding hydrogens is 330 g/mol. The van der Waals surface area contributed by atoms with Crippen LogP contribution in [0, 0.1) is 0 Å². The van der Waals surface area contributed by atoms with E-state index in [1.807, 2.05) is 54.6 Å². The van der Waals surface area contributed by atoms with Gasteiger partial charge in [-0.05, 0) is 49.9 Å². The summed E-state index contributed by atoms with van der Waals surface area (Å²) < 4.78 is 16.9. The highest BCUT2D eigenvalue weighted by atomic mass is 16.5. The Morgan fingerprint density at radius 2 is 1.69 bits per heavy atom. The third-order valence-corrected chi connectivity index (χ3v) is 4.23. The lowest BCUT2D eigenvalue weighted by Gasteiger charge is -2.17. The Kier molecular flexibility index (Phi) is 6.90. The fourth-order valence-corrected chi connectivity index (χ4v) is 2.94. The van der Waals surface area contributed by atoms with Crippen LogP contribution in [0.15, 0.2) is 54.6 Å². The summed E-state index contributed by atoms with van der Waals surface area (Å²) in [6.45, 7) is 0.733. The van der Waals surface area contributed by atoms with Crippen LogP contribution in [0.2, 0.25) is 0 Å². The number of ether oxygens (including phenoxy) is 3. The smallest absolute Gasteiger partial charge is 0.250 e. The second-order valence-corrected chi connectivity index (χ2v) is 6.28. The second kappa shape index (κ2) is 9.82. The molecule has 0 saturated heterocycles. The van der Waals surface area contributed by atoms with Crippen molar-refractivity contribution >= 4 is 11.6 Å². The monoisotopic (exact) mass is 355 g/mol. The molecule has 2 aromatic carbocycles. The molecule has 26 heavy (non-hydrogen) atoms. The number of rotatable bonds is 9. The van der Waals surface area contributed by atoms with E-state index >= 15 is 0 Å². The molecule has 5 heteroatoms. The summed E-state index contributed by atoms with van der Waals surface area (Å²) in [6.07, 6.45) is 4.81. The zero-order valence-corrected chi connectivity index (χ0v) is 14.9. The molecule has 3 rings (SSSR count). The van der Waals surface area contributed by atoms with Crippen LogP contribution in [-0.2, 0) is 9.53 Å². The molecule has 0 unspecified atom stereocenters. The molecule has 1 amide bonds. The average Bonchev–Trinajstić information content (AvgIpc) is 3.17. The lowest BCUT2D eigenvalue weighted by atomic mass is 10.2. The van der Waals surface area contributed by atoms with Gasteiger partial charge < -0.3 is 19.5 Å². The lowest BCUT2D eigenvalue weighted by molar-refractivity contribution is -0.120. The molecule has 1 fully saturated rings. The quantitative estimate of drug-likeness (QED) is 0.690. The third-order valence-electron chi connectivity index (χ3n) is 4.23. The van der Waals surface area contributed by atoms with E-state index in [2.05, 4.69) is 5.32 Å². The van der Waals surface area contributed by atoms with Gasteiger partial charge in [0.15, 0.2) is 0 Å². The molecular formula is C21H25NO4. The standard InChI is InChI=1S/C21H25NO4/c23-21(16-24-14-15-25-17-8-2-1-3-9-17)22-19-12-6-7-13-20(19)26-18-10-4-5-11-18/h1-3,6-9,12-13,18H,4-5,10-11,14-16H2,(H,22,23). The van der Waals surface area contributed by atoms with Crippen LogP contribution in [0.4, 0.5) is 5.69 Å². The van der Waals surface area contributed by atoms with Crippen molar-refractivity contribution in [2.45, 2.75) is 31.8 Å². The van der Waals surface area contributed by atoms with Gasteiger partial charge in [0.1, 0.15) is 24.7 Å². The highest BCUT2D eigenvalue weighted by Gasteiger charge is 2.18. The van der Waals surface area contributed by atoms with Gasteiger partial charge in [0, 0.05) is 0 Å². The number of amides is 1. The topological polar surface area (TPSA) is 56.8 Å². The molecule has 1 saturated carbocycles. The molecule has 138 valence electrons. The minimum Gasteiger partial charge on any atom is -0.491 e. The molecule has 1 N–H and O–H groups in total. The van der Waals surface area contributed by atoms with Gasteiger partial charge >= 0.3 is 0 Å². The van der Waals surface area contributed by atoms with Gasteiger partial charge in [0.25, 0.3) is 0 Å². The molecule has 1 aliphatic rings. The maximum atomic E-state index is 12.1. The van der Waals surface area contributed by atoms with Crippen molar-refractivity contribution in [2.24, 2.45) is 0 Å². The number of carbonyl (C=O) groups excluding carboxylic acids is 1. The van der Waals surface area contributed by atoms with E-state index in [1.54, 1.807) is 0 Å². The van der Waals surface area contributed by atoms with E-state index in [1.165, 1.54) is 12.8 Å². The Balaban J connectivity index is 1.39. The summed E-state index contributed by atoms with van der Waals surface area (Å²) in [4.78, 5) is 12.1. The van der Waals surface area contributed by atoms with Crippen LogP contribution >= 0.6 is 0 Å². The number of hydrogen-bond acceptors (Lipinski definition) is 4. The second-order valence-electron chi connectivity index (χ2n) is 6.28. The fourth-order valence-electron chi connectivity index (χ4n) is 2.94. The first kappa shape index (κ1) is 18.3. The molecule has 0 radical (unpaired) electrons. The molecule has 1 aliphatic carbocycles. The van der Waals surface area contributed by atoms with Crippen molar-refractivity contribution in [1.82, 2.24) is 0 Å². The van der Waals surface area contributed by atoms with Crippen molar-refractivity contribution in [1.29, 1.82) is 0 Å². The summed E-state index contributed by atoms with van der Waals surface area (Å²) in [7, 11) is 0. The van der Waals surface area contributed by atoms with Gasteiger partial charge in [-0.3, -0.25) is 4.79 Å². The van der Waals surface area contributed by atoms with Gasteiger partial charge in [-0.15, -0.1) is 0 Å². The van der Waals surface area contributed by atoms with E-state index < -0.39 is 0 Å². The lowest BCUT2D eigenvalue weighted by Crippen LogP contribution is -2.21. The Hall–Kier alpha value is -2.53. The maximum Gasteiger partial charge on any atom is 0.250 e. The van der Waals surface area contributed by atoms with E-state index in [0.29, 0.717) is 18.9 Å². The number of para-hydroxylation sites is 3. The van der Waals surface area contributed by atoms with Gasteiger partial charge in [0.2, 0.25) is 5.91 Å². The normalized spacial score (nSPS) is 14.2. The zero-order valence-electron chi connectivity index (χ0n) is 14.9. The molecule has 0 heterocycles. The van der Waals surface area contributed by atoms with Crippen molar-refractivity contribution in [3.63, 3.8) is 0 Å². The fraction of sp³-hybridized carbons (Fsp3) is 0.381. The first-order valence-corrected chi connectivity index (χ1v) is 9.12. The third kappa shape index (κ3) is 5.77. The zero-order chi connectivity index (χ0) is 18.0. The Labute approximate surface area is 154 Å². The highest BCUT2D eigenvalue weighted by molar-refractivity contribution is 5.93. The van der Waals surface area contributed by atoms with Crippen LogP contribution in [0.1, 0.15) is 25.7 Å². The van der Waals surface area contributed by atoms with Crippen molar-refractivity contribution < 1.29 is 19.0 Å². The van der Waals surface area contributed by atoms with Crippen LogP contribution in [0.3, 0.4) is 0 Å². The average molecular weight is 355 g/mol. The van der Waals surface area contributed by atoms with E-state index in [0.717, 1.165) is 24.3 Å². The van der Waals surface area contributed by atoms with E-state index in [-0.39, 0.29) is 18.6 Å². The predicted molar refractivity (Wildman–Crippen MR) is 101 cm³/mol. The predicted octanol–water partition coefficient (Wildman–Crippen LogP) is 4.04. The number of nitrogens with one attached hydrogen (secondary N) is 1. The van der Waals surface area contributed by atoms with Gasteiger partial charge in [-0.25, -0.2) is 0 Å². The summed E-state index contributed by atoms with van der Waals surface area (Å²) >= 11 is 0. The van der Waals surface area contributed by atoms with Crippen LogP contribution in [0.5, 0.6) is 11.5 Å². The molecule has 2 aromatic rings. The minimum atomic E-state index is -0.202. The van der Waals surface area contributed by atoms with Crippen molar-refractivity contribution in [2.75, 3.05) is 25.1 Å². The largest absolute Gasteiger partial charge is 0.491 e. The molecule has 0 aromatic heterocycles. The minimum absolute atomic E-state index is 0.0179. The van der Waals surface area contributed by atoms with Crippen molar-refractivity contribution in [3.05, 3.63) is 54.6 Å². The van der Waals surface area contributed by atoms with Crippen LogP contribution < -0.4 is 14.8 Å². The summed E-state index contributed by atoms with van der Waals surface area (Å²) in [6, 6.07) is 17.1. The maximum absolute atomic E-state index is 12.1. The number of anilines is 1. The van der Waals surface area contributed by atoms with Crippen LogP contribution in [-0.4, -0.2) is 31.8 Å². The Morgan fingerprint density at radius 1 is 0.962 bits per heavy atom. The summed E-state index contributed by atoms with van der Waals surface area (Å²) in [5.41, 5.74) is 0.688. The molecule has 0 bridgehead atoms. The Morgan fingerprint density at radius 3 is 2.50 bits per heavy atom. The first-order chi connectivity index (χ1) is 12.8. The van der Waals surface area contributed by atoms with Crippen molar-refractivity contribution in [3.8, 4) is 11.5 Å². The molecule has 0 aliphatic heterocycles. The highest BCUT2D eigenvalue weighted by Crippen LogP contribution is 2.29. The molecule has 0 atom stereocenters. The van der Waals surface area contributed by atoms with Gasteiger partial charge in [-0.2, -0.15) is 0 Å². The van der Waals surface area contributed by atoms with Gasteiger partial charge in [-0.1, -0.05) is 30.3 Å².